The SMILES string of the molecule is COc1ccc(OC)c([C@H](C)NC(=O)CCC(=O)c2ccccc2)c1. The predicted octanol–water partition coefficient (Wildman–Crippen LogP) is 3.54. The molecule has 5 nitrogen and oxygen atoms in total. The number of amides is 1. The molecule has 0 saturated heterocycles. The molecule has 0 saturated carbocycles. The summed E-state index contributed by atoms with van der Waals surface area (Å²) in [7, 11) is 3.17. The summed E-state index contributed by atoms with van der Waals surface area (Å²) >= 11 is 0. The highest BCUT2D eigenvalue weighted by molar-refractivity contribution is 5.97. The van der Waals surface area contributed by atoms with Crippen LogP contribution in [0.25, 0.3) is 0 Å². The number of carbonyl (C=O) groups is 2. The standard InChI is InChI=1S/C20H23NO4/c1-14(17-13-16(24-2)9-11-19(17)25-3)21-20(23)12-10-18(22)15-7-5-4-6-8-15/h4-9,11,13-14H,10,12H2,1-3H3,(H,21,23)/t14-/m0/s1. The Labute approximate surface area is 148 Å². The molecule has 2 rings (SSSR count). The lowest BCUT2D eigenvalue weighted by Gasteiger charge is -2.18. The molecule has 0 bridgehead atoms. The van der Waals surface area contributed by atoms with Gasteiger partial charge in [-0.1, -0.05) is 30.3 Å². The Hall–Kier alpha value is -2.82. The quantitative estimate of drug-likeness (QED) is 0.746. The molecular weight excluding hydrogens is 318 g/mol. The second-order valence-electron chi connectivity index (χ2n) is 5.69. The fourth-order valence-corrected chi connectivity index (χ4v) is 2.56. The van der Waals surface area contributed by atoms with Crippen LogP contribution < -0.4 is 14.8 Å². The van der Waals surface area contributed by atoms with E-state index < -0.39 is 0 Å². The molecule has 2 aromatic rings. The van der Waals surface area contributed by atoms with Crippen LogP contribution in [0.15, 0.2) is 48.5 Å². The number of carbonyl (C=O) groups excluding carboxylic acids is 2. The fourth-order valence-electron chi connectivity index (χ4n) is 2.56. The van der Waals surface area contributed by atoms with E-state index in [0.717, 1.165) is 5.56 Å². The Morgan fingerprint density at radius 3 is 2.36 bits per heavy atom. The molecule has 0 aliphatic heterocycles. The summed E-state index contributed by atoms with van der Waals surface area (Å²) in [6.07, 6.45) is 0.322. The third kappa shape index (κ3) is 5.08. The first-order chi connectivity index (χ1) is 12.0. The first kappa shape index (κ1) is 18.5. The zero-order valence-electron chi connectivity index (χ0n) is 14.7. The van der Waals surface area contributed by atoms with Crippen LogP contribution in [0.4, 0.5) is 0 Å². The van der Waals surface area contributed by atoms with Gasteiger partial charge >= 0.3 is 0 Å². The van der Waals surface area contributed by atoms with Gasteiger partial charge in [-0.15, -0.1) is 0 Å². The van der Waals surface area contributed by atoms with Gasteiger partial charge in [0.1, 0.15) is 11.5 Å². The lowest BCUT2D eigenvalue weighted by molar-refractivity contribution is -0.121. The summed E-state index contributed by atoms with van der Waals surface area (Å²) in [6.45, 7) is 1.87. The minimum atomic E-state index is -0.260. The number of hydrogen-bond acceptors (Lipinski definition) is 4. The monoisotopic (exact) mass is 341 g/mol. The van der Waals surface area contributed by atoms with Crippen molar-refractivity contribution < 1.29 is 19.1 Å². The fraction of sp³-hybridized carbons (Fsp3) is 0.300. The molecule has 0 spiro atoms. The number of ketones is 1. The third-order valence-electron chi connectivity index (χ3n) is 3.96. The molecule has 1 N–H and O–H groups in total. The van der Waals surface area contributed by atoms with Crippen LogP contribution in [-0.2, 0) is 4.79 Å². The van der Waals surface area contributed by atoms with Crippen molar-refractivity contribution in [3.63, 3.8) is 0 Å². The van der Waals surface area contributed by atoms with Gasteiger partial charge in [0, 0.05) is 24.0 Å². The maximum absolute atomic E-state index is 12.2. The molecule has 0 aliphatic carbocycles. The predicted molar refractivity (Wildman–Crippen MR) is 96.1 cm³/mol. The van der Waals surface area contributed by atoms with Crippen LogP contribution >= 0.6 is 0 Å². The molecule has 25 heavy (non-hydrogen) atoms. The van der Waals surface area contributed by atoms with Crippen molar-refractivity contribution in [2.24, 2.45) is 0 Å². The largest absolute Gasteiger partial charge is 0.497 e. The summed E-state index contributed by atoms with van der Waals surface area (Å²) in [6, 6.07) is 14.2. The zero-order valence-corrected chi connectivity index (χ0v) is 14.7. The van der Waals surface area contributed by atoms with E-state index in [1.807, 2.05) is 31.2 Å². The molecule has 0 unspecified atom stereocenters. The minimum absolute atomic E-state index is 0.0395. The number of rotatable bonds is 8. The molecule has 0 radical (unpaired) electrons. The van der Waals surface area contributed by atoms with Gasteiger partial charge in [-0.2, -0.15) is 0 Å². The summed E-state index contributed by atoms with van der Waals surface area (Å²) < 4.78 is 10.6. The van der Waals surface area contributed by atoms with Crippen LogP contribution in [0.2, 0.25) is 0 Å². The number of Topliss-reactive ketones (excluding diaryl/α,β-unsaturated/α-hetero) is 1. The lowest BCUT2D eigenvalue weighted by Crippen LogP contribution is -2.27. The third-order valence-corrected chi connectivity index (χ3v) is 3.96. The number of ether oxygens (including phenoxy) is 2. The van der Waals surface area contributed by atoms with Gasteiger partial charge in [0.2, 0.25) is 5.91 Å². The van der Waals surface area contributed by atoms with Crippen molar-refractivity contribution in [1.82, 2.24) is 5.32 Å². The molecular formula is C20H23NO4. The van der Waals surface area contributed by atoms with Crippen molar-refractivity contribution in [3.8, 4) is 11.5 Å². The van der Waals surface area contributed by atoms with E-state index >= 15 is 0 Å². The number of benzene rings is 2. The highest BCUT2D eigenvalue weighted by atomic mass is 16.5. The first-order valence-corrected chi connectivity index (χ1v) is 8.14. The Bertz CT molecular complexity index is 728. The summed E-state index contributed by atoms with van der Waals surface area (Å²) in [4.78, 5) is 24.3. The van der Waals surface area contributed by atoms with Gasteiger partial charge < -0.3 is 14.8 Å². The van der Waals surface area contributed by atoms with E-state index in [4.69, 9.17) is 9.47 Å². The summed E-state index contributed by atoms with van der Waals surface area (Å²) in [5.41, 5.74) is 1.45. The Kier molecular flexibility index (Phi) is 6.57. The molecule has 0 aliphatic rings. The van der Waals surface area contributed by atoms with Crippen molar-refractivity contribution in [3.05, 3.63) is 59.7 Å². The Morgan fingerprint density at radius 2 is 1.72 bits per heavy atom. The molecule has 0 heterocycles. The topological polar surface area (TPSA) is 64.6 Å². The van der Waals surface area contributed by atoms with Gasteiger partial charge in [0.25, 0.3) is 0 Å². The van der Waals surface area contributed by atoms with Crippen LogP contribution in [0.1, 0.15) is 41.7 Å². The second-order valence-corrected chi connectivity index (χ2v) is 5.69. The van der Waals surface area contributed by atoms with Crippen molar-refractivity contribution >= 4 is 11.7 Å². The molecule has 5 heteroatoms. The molecule has 1 atom stereocenters. The van der Waals surface area contributed by atoms with Crippen LogP contribution in [-0.4, -0.2) is 25.9 Å². The second kappa shape index (κ2) is 8.87. The summed E-state index contributed by atoms with van der Waals surface area (Å²) in [5, 5.41) is 2.90. The number of hydrogen-bond donors (Lipinski definition) is 1. The Morgan fingerprint density at radius 1 is 1.00 bits per heavy atom. The van der Waals surface area contributed by atoms with Crippen molar-refractivity contribution in [1.29, 1.82) is 0 Å². The van der Waals surface area contributed by atoms with E-state index in [1.165, 1.54) is 0 Å². The molecule has 0 fully saturated rings. The van der Waals surface area contributed by atoms with Gasteiger partial charge in [0.05, 0.1) is 20.3 Å². The zero-order chi connectivity index (χ0) is 18.2. The van der Waals surface area contributed by atoms with Gasteiger partial charge in [0.15, 0.2) is 5.78 Å². The highest BCUT2D eigenvalue weighted by Crippen LogP contribution is 2.29. The van der Waals surface area contributed by atoms with Gasteiger partial charge in [-0.05, 0) is 25.1 Å². The van der Waals surface area contributed by atoms with E-state index in [9.17, 15) is 9.59 Å². The van der Waals surface area contributed by atoms with E-state index in [1.54, 1.807) is 38.5 Å². The minimum Gasteiger partial charge on any atom is -0.497 e. The normalized spacial score (nSPS) is 11.5. The average Bonchev–Trinajstić information content (AvgIpc) is 2.66. The van der Waals surface area contributed by atoms with Gasteiger partial charge in [-0.3, -0.25) is 9.59 Å². The van der Waals surface area contributed by atoms with Crippen LogP contribution in [0.3, 0.4) is 0 Å². The molecule has 1 amide bonds. The molecule has 0 aromatic heterocycles. The Balaban J connectivity index is 1.95. The lowest BCUT2D eigenvalue weighted by atomic mass is 10.0. The maximum Gasteiger partial charge on any atom is 0.220 e. The van der Waals surface area contributed by atoms with Crippen LogP contribution in [0, 0.1) is 0 Å². The maximum atomic E-state index is 12.2. The highest BCUT2D eigenvalue weighted by Gasteiger charge is 2.16. The van der Waals surface area contributed by atoms with E-state index in [2.05, 4.69) is 5.32 Å². The molecule has 2 aromatic carbocycles. The molecule has 132 valence electrons. The van der Waals surface area contributed by atoms with Crippen LogP contribution in [0.5, 0.6) is 11.5 Å². The van der Waals surface area contributed by atoms with Crippen molar-refractivity contribution in [2.45, 2.75) is 25.8 Å². The smallest absolute Gasteiger partial charge is 0.220 e. The van der Waals surface area contributed by atoms with E-state index in [-0.39, 0.29) is 30.6 Å². The van der Waals surface area contributed by atoms with Crippen molar-refractivity contribution in [2.75, 3.05) is 14.2 Å². The average molecular weight is 341 g/mol. The van der Waals surface area contributed by atoms with E-state index in [0.29, 0.717) is 17.1 Å². The summed E-state index contributed by atoms with van der Waals surface area (Å²) in [5.74, 6) is 1.15. The van der Waals surface area contributed by atoms with Gasteiger partial charge in [-0.25, -0.2) is 0 Å². The number of methoxy groups -OCH3 is 2. The first-order valence-electron chi connectivity index (χ1n) is 8.14. The number of nitrogens with one attached hydrogen (secondary N) is 1.